The van der Waals surface area contributed by atoms with Crippen molar-refractivity contribution in [2.45, 2.75) is 0 Å². The van der Waals surface area contributed by atoms with E-state index in [1.54, 1.807) is 36.4 Å². The van der Waals surface area contributed by atoms with Crippen LogP contribution >= 0.6 is 0 Å². The summed E-state index contributed by atoms with van der Waals surface area (Å²) in [4.78, 5) is 0. The summed E-state index contributed by atoms with van der Waals surface area (Å²) in [5, 5.41) is 17.0. The molecule has 1 aromatic carbocycles. The Hall–Kier alpha value is -2.26. The molecule has 0 amide bonds. The quantitative estimate of drug-likeness (QED) is 0.513. The zero-order valence-corrected chi connectivity index (χ0v) is 6.86. The highest BCUT2D eigenvalue weighted by molar-refractivity contribution is 5.63. The van der Waals surface area contributed by atoms with E-state index >= 15 is 0 Å². The highest BCUT2D eigenvalue weighted by Crippen LogP contribution is 2.09. The molecule has 0 aliphatic rings. The zero-order valence-electron chi connectivity index (χ0n) is 6.86. The molecular formula is C10H7N3. The molecule has 1 rings (SSSR count). The number of hydrogen-bond acceptors (Lipinski definition) is 3. The molecule has 3 heteroatoms. The van der Waals surface area contributed by atoms with Gasteiger partial charge in [-0.1, -0.05) is 12.1 Å². The van der Waals surface area contributed by atoms with Crippen molar-refractivity contribution in [3.05, 3.63) is 35.4 Å². The monoisotopic (exact) mass is 169 g/mol. The second-order valence-electron chi connectivity index (χ2n) is 2.45. The average Bonchev–Trinajstić information content (AvgIpc) is 2.17. The standard InChI is InChI=1S/C10H7N3/c11-6-9(7-12)5-8-1-3-10(13)4-2-8/h1-5H,13H2. The van der Waals surface area contributed by atoms with E-state index in [0.717, 1.165) is 5.56 Å². The minimum Gasteiger partial charge on any atom is -0.399 e. The summed E-state index contributed by atoms with van der Waals surface area (Å²) in [5.41, 5.74) is 7.02. The zero-order chi connectivity index (χ0) is 9.68. The summed E-state index contributed by atoms with van der Waals surface area (Å²) in [6.45, 7) is 0. The van der Waals surface area contributed by atoms with Gasteiger partial charge in [0.25, 0.3) is 0 Å². The molecule has 1 aromatic rings. The van der Waals surface area contributed by atoms with Crippen LogP contribution in [-0.4, -0.2) is 0 Å². The van der Waals surface area contributed by atoms with Crippen molar-refractivity contribution in [1.29, 1.82) is 10.5 Å². The van der Waals surface area contributed by atoms with Crippen LogP contribution < -0.4 is 5.73 Å². The molecule has 0 fully saturated rings. The van der Waals surface area contributed by atoms with E-state index in [0.29, 0.717) is 5.69 Å². The fraction of sp³-hybridized carbons (Fsp3) is 0. The van der Waals surface area contributed by atoms with Gasteiger partial charge in [0.1, 0.15) is 17.7 Å². The van der Waals surface area contributed by atoms with Gasteiger partial charge in [0.05, 0.1) is 0 Å². The third kappa shape index (κ3) is 2.36. The first kappa shape index (κ1) is 8.83. The van der Waals surface area contributed by atoms with Gasteiger partial charge in [-0.15, -0.1) is 0 Å². The van der Waals surface area contributed by atoms with Crippen molar-refractivity contribution in [3.8, 4) is 12.1 Å². The Balaban J connectivity index is 3.00. The smallest absolute Gasteiger partial charge is 0.130 e. The van der Waals surface area contributed by atoms with Crippen molar-refractivity contribution in [3.63, 3.8) is 0 Å². The first-order valence-electron chi connectivity index (χ1n) is 3.63. The van der Waals surface area contributed by atoms with Crippen LogP contribution in [0.5, 0.6) is 0 Å². The van der Waals surface area contributed by atoms with Crippen LogP contribution in [0.15, 0.2) is 29.8 Å². The number of allylic oxidation sites excluding steroid dienone is 1. The lowest BCUT2D eigenvalue weighted by Crippen LogP contribution is -1.83. The molecule has 0 saturated heterocycles. The lowest BCUT2D eigenvalue weighted by Gasteiger charge is -1.93. The van der Waals surface area contributed by atoms with Crippen LogP contribution in [0.1, 0.15) is 5.56 Å². The van der Waals surface area contributed by atoms with E-state index in [-0.39, 0.29) is 5.57 Å². The molecule has 62 valence electrons. The van der Waals surface area contributed by atoms with Crippen LogP contribution in [0, 0.1) is 22.7 Å². The topological polar surface area (TPSA) is 73.6 Å². The summed E-state index contributed by atoms with van der Waals surface area (Å²) in [5.74, 6) is 0. The molecule has 0 heterocycles. The SMILES string of the molecule is N#CC(C#N)=Cc1ccc(N)cc1. The van der Waals surface area contributed by atoms with E-state index < -0.39 is 0 Å². The maximum absolute atomic E-state index is 8.48. The minimum absolute atomic E-state index is 0.0878. The number of nitrogens with zero attached hydrogens (tertiary/aromatic N) is 2. The number of rotatable bonds is 1. The van der Waals surface area contributed by atoms with Crippen LogP contribution in [0.25, 0.3) is 6.08 Å². The van der Waals surface area contributed by atoms with Gasteiger partial charge in [-0.3, -0.25) is 0 Å². The van der Waals surface area contributed by atoms with E-state index in [2.05, 4.69) is 0 Å². The Kier molecular flexibility index (Phi) is 2.68. The third-order valence-corrected chi connectivity index (χ3v) is 1.49. The van der Waals surface area contributed by atoms with Gasteiger partial charge in [0.2, 0.25) is 0 Å². The molecule has 0 aliphatic carbocycles. The largest absolute Gasteiger partial charge is 0.399 e. The lowest BCUT2D eigenvalue weighted by atomic mass is 10.1. The molecule has 0 saturated carbocycles. The van der Waals surface area contributed by atoms with Gasteiger partial charge in [-0.25, -0.2) is 0 Å². The first-order chi connectivity index (χ1) is 6.26. The molecule has 0 spiro atoms. The second kappa shape index (κ2) is 3.94. The molecular weight excluding hydrogens is 162 g/mol. The van der Waals surface area contributed by atoms with Crippen molar-refractivity contribution in [1.82, 2.24) is 0 Å². The van der Waals surface area contributed by atoms with Crippen LogP contribution in [0.4, 0.5) is 5.69 Å². The number of anilines is 1. The Morgan fingerprint density at radius 3 is 2.15 bits per heavy atom. The number of nitriles is 2. The van der Waals surface area contributed by atoms with Gasteiger partial charge in [-0.05, 0) is 23.8 Å². The summed E-state index contributed by atoms with van der Waals surface area (Å²) in [6.07, 6.45) is 1.51. The molecule has 0 aliphatic heterocycles. The van der Waals surface area contributed by atoms with Gasteiger partial charge in [-0.2, -0.15) is 10.5 Å². The van der Waals surface area contributed by atoms with E-state index in [1.165, 1.54) is 6.08 Å². The Morgan fingerprint density at radius 2 is 1.69 bits per heavy atom. The normalized spacial score (nSPS) is 8.15. The lowest BCUT2D eigenvalue weighted by molar-refractivity contribution is 1.47. The summed E-state index contributed by atoms with van der Waals surface area (Å²) < 4.78 is 0. The minimum atomic E-state index is 0.0878. The molecule has 0 bridgehead atoms. The van der Waals surface area contributed by atoms with Crippen molar-refractivity contribution in [2.24, 2.45) is 0 Å². The molecule has 3 nitrogen and oxygen atoms in total. The Morgan fingerprint density at radius 1 is 1.15 bits per heavy atom. The molecule has 0 radical (unpaired) electrons. The number of nitrogens with two attached hydrogens (primary N) is 1. The third-order valence-electron chi connectivity index (χ3n) is 1.49. The van der Waals surface area contributed by atoms with E-state index in [1.807, 2.05) is 0 Å². The van der Waals surface area contributed by atoms with Crippen LogP contribution in [0.3, 0.4) is 0 Å². The first-order valence-corrected chi connectivity index (χ1v) is 3.63. The summed E-state index contributed by atoms with van der Waals surface area (Å²) >= 11 is 0. The Bertz CT molecular complexity index is 385. The van der Waals surface area contributed by atoms with Gasteiger partial charge in [0.15, 0.2) is 0 Å². The number of nitrogen functional groups attached to an aromatic ring is 1. The number of benzene rings is 1. The maximum Gasteiger partial charge on any atom is 0.130 e. The average molecular weight is 169 g/mol. The van der Waals surface area contributed by atoms with E-state index in [9.17, 15) is 0 Å². The molecule has 0 aromatic heterocycles. The Labute approximate surface area is 76.3 Å². The fourth-order valence-electron chi connectivity index (χ4n) is 0.848. The fourth-order valence-corrected chi connectivity index (χ4v) is 0.848. The van der Waals surface area contributed by atoms with Crippen molar-refractivity contribution in [2.75, 3.05) is 5.73 Å². The number of hydrogen-bond donors (Lipinski definition) is 1. The van der Waals surface area contributed by atoms with E-state index in [4.69, 9.17) is 16.3 Å². The van der Waals surface area contributed by atoms with Crippen molar-refractivity contribution >= 4 is 11.8 Å². The van der Waals surface area contributed by atoms with Gasteiger partial charge in [0, 0.05) is 5.69 Å². The van der Waals surface area contributed by atoms with Crippen LogP contribution in [0.2, 0.25) is 0 Å². The van der Waals surface area contributed by atoms with Crippen LogP contribution in [-0.2, 0) is 0 Å². The molecule has 2 N–H and O–H groups in total. The predicted octanol–water partition coefficient (Wildman–Crippen LogP) is 1.70. The highest BCUT2D eigenvalue weighted by Gasteiger charge is 1.92. The summed E-state index contributed by atoms with van der Waals surface area (Å²) in [7, 11) is 0. The van der Waals surface area contributed by atoms with Crippen molar-refractivity contribution < 1.29 is 0 Å². The second-order valence-corrected chi connectivity index (χ2v) is 2.45. The van der Waals surface area contributed by atoms with Gasteiger partial charge >= 0.3 is 0 Å². The molecule has 0 atom stereocenters. The predicted molar refractivity (Wildman–Crippen MR) is 50.1 cm³/mol. The molecule has 13 heavy (non-hydrogen) atoms. The maximum atomic E-state index is 8.48. The molecule has 0 unspecified atom stereocenters. The highest BCUT2D eigenvalue weighted by atomic mass is 14.5. The summed E-state index contributed by atoms with van der Waals surface area (Å²) in [6, 6.07) is 10.5. The van der Waals surface area contributed by atoms with Gasteiger partial charge < -0.3 is 5.73 Å².